The molecule has 0 fully saturated rings. The van der Waals surface area contributed by atoms with Crippen LogP contribution in [0.25, 0.3) is 21.5 Å². The second-order valence-corrected chi connectivity index (χ2v) is 8.22. The van der Waals surface area contributed by atoms with Crippen LogP contribution in [-0.2, 0) is 4.79 Å². The molecular weight excluding hydrogens is 412 g/mol. The molecule has 164 valence electrons. The van der Waals surface area contributed by atoms with Crippen LogP contribution in [0.1, 0.15) is 40.5 Å². The number of imide groups is 1. The van der Waals surface area contributed by atoms with Crippen LogP contribution in [0.2, 0.25) is 0 Å². The number of amides is 3. The molecule has 0 aromatic heterocycles. The van der Waals surface area contributed by atoms with Crippen LogP contribution < -0.4 is 4.90 Å². The third kappa shape index (κ3) is 3.55. The minimum atomic E-state index is -0.275. The van der Waals surface area contributed by atoms with Crippen LogP contribution in [-0.4, -0.2) is 35.7 Å². The van der Waals surface area contributed by atoms with Gasteiger partial charge in [0.2, 0.25) is 5.91 Å². The molecule has 0 bridgehead atoms. The van der Waals surface area contributed by atoms with E-state index in [0.717, 1.165) is 27.2 Å². The maximum absolute atomic E-state index is 13.1. The molecule has 0 N–H and O–H groups in total. The Kier molecular flexibility index (Phi) is 5.38. The van der Waals surface area contributed by atoms with Crippen molar-refractivity contribution >= 4 is 45.0 Å². The van der Waals surface area contributed by atoms with Crippen LogP contribution >= 0.6 is 0 Å². The molecule has 5 rings (SSSR count). The largest absolute Gasteiger partial charge is 0.312 e. The summed E-state index contributed by atoms with van der Waals surface area (Å²) in [5, 5.41) is 3.69. The number of hydrogen-bond acceptors (Lipinski definition) is 3. The average molecular weight is 437 g/mol. The first-order valence-corrected chi connectivity index (χ1v) is 11.3. The Morgan fingerprint density at radius 2 is 1.39 bits per heavy atom. The van der Waals surface area contributed by atoms with Crippen molar-refractivity contribution in [3.63, 3.8) is 0 Å². The van der Waals surface area contributed by atoms with E-state index in [1.807, 2.05) is 73.7 Å². The number of nitrogens with zero attached hydrogens (tertiary/aromatic N) is 2. The van der Waals surface area contributed by atoms with Gasteiger partial charge in [0.1, 0.15) is 0 Å². The van der Waals surface area contributed by atoms with E-state index in [4.69, 9.17) is 0 Å². The highest BCUT2D eigenvalue weighted by Crippen LogP contribution is 2.31. The zero-order valence-electron chi connectivity index (χ0n) is 18.5. The SMILES string of the molecule is CCC(=O)N(CCCN1C(=O)c2cccc3cccc(c23)C1=O)c1cccc2ccccc12. The number of anilines is 1. The number of benzene rings is 4. The first-order valence-electron chi connectivity index (χ1n) is 11.3. The van der Waals surface area contributed by atoms with E-state index in [1.165, 1.54) is 4.90 Å². The zero-order valence-corrected chi connectivity index (χ0v) is 18.5. The lowest BCUT2D eigenvalue weighted by Gasteiger charge is -2.29. The van der Waals surface area contributed by atoms with Crippen LogP contribution in [0.4, 0.5) is 5.69 Å². The fraction of sp³-hybridized carbons (Fsp3) is 0.179. The van der Waals surface area contributed by atoms with Gasteiger partial charge in [-0.05, 0) is 35.4 Å². The third-order valence-electron chi connectivity index (χ3n) is 6.28. The fourth-order valence-corrected chi connectivity index (χ4v) is 4.68. The van der Waals surface area contributed by atoms with Gasteiger partial charge in [-0.25, -0.2) is 0 Å². The van der Waals surface area contributed by atoms with E-state index in [-0.39, 0.29) is 24.3 Å². The average Bonchev–Trinajstić information content (AvgIpc) is 2.86. The Labute approximate surface area is 192 Å². The molecular formula is C28H24N2O3. The van der Waals surface area contributed by atoms with Crippen LogP contribution in [0, 0.1) is 0 Å². The van der Waals surface area contributed by atoms with E-state index in [0.29, 0.717) is 30.5 Å². The van der Waals surface area contributed by atoms with Gasteiger partial charge in [-0.1, -0.05) is 67.6 Å². The second kappa shape index (κ2) is 8.51. The summed E-state index contributed by atoms with van der Waals surface area (Å²) in [5.74, 6) is -0.538. The van der Waals surface area contributed by atoms with Crippen LogP contribution in [0.5, 0.6) is 0 Å². The molecule has 33 heavy (non-hydrogen) atoms. The number of hydrogen-bond donors (Lipinski definition) is 0. The topological polar surface area (TPSA) is 57.7 Å². The number of fused-ring (bicyclic) bond motifs is 1. The summed E-state index contributed by atoms with van der Waals surface area (Å²) >= 11 is 0. The molecule has 5 heteroatoms. The lowest BCUT2D eigenvalue weighted by molar-refractivity contribution is -0.118. The summed E-state index contributed by atoms with van der Waals surface area (Å²) in [6.07, 6.45) is 0.866. The van der Waals surface area contributed by atoms with Crippen LogP contribution in [0.3, 0.4) is 0 Å². The van der Waals surface area contributed by atoms with E-state index < -0.39 is 0 Å². The van der Waals surface area contributed by atoms with E-state index >= 15 is 0 Å². The smallest absolute Gasteiger partial charge is 0.261 e. The van der Waals surface area contributed by atoms with E-state index in [2.05, 4.69) is 0 Å². The number of rotatable bonds is 6. The van der Waals surface area contributed by atoms with Gasteiger partial charge in [-0.15, -0.1) is 0 Å². The van der Waals surface area contributed by atoms with E-state index in [1.54, 1.807) is 17.0 Å². The fourth-order valence-electron chi connectivity index (χ4n) is 4.68. The summed E-state index contributed by atoms with van der Waals surface area (Å²) in [6.45, 7) is 2.51. The predicted molar refractivity (Wildman–Crippen MR) is 131 cm³/mol. The van der Waals surface area contributed by atoms with Gasteiger partial charge >= 0.3 is 0 Å². The summed E-state index contributed by atoms with van der Waals surface area (Å²) in [6, 6.07) is 25.0. The third-order valence-corrected chi connectivity index (χ3v) is 6.28. The number of carbonyl (C=O) groups excluding carboxylic acids is 3. The molecule has 0 unspecified atom stereocenters. The number of carbonyl (C=O) groups is 3. The standard InChI is InChI=1S/C28H24N2O3/c1-2-25(31)29(24-16-7-10-19-9-3-4-13-21(19)24)17-8-18-30-27(32)22-14-5-11-20-12-6-15-23(26(20)22)28(30)33/h3-7,9-16H,2,8,17-18H2,1H3. The molecule has 0 saturated heterocycles. The molecule has 0 aliphatic carbocycles. The Balaban J connectivity index is 1.40. The molecule has 0 radical (unpaired) electrons. The van der Waals surface area contributed by atoms with Crippen molar-refractivity contribution in [1.82, 2.24) is 4.90 Å². The van der Waals surface area contributed by atoms with Crippen LogP contribution in [0.15, 0.2) is 78.9 Å². The maximum Gasteiger partial charge on any atom is 0.261 e. The Hall–Kier alpha value is -3.99. The molecule has 0 saturated carbocycles. The first kappa shape index (κ1) is 20.9. The summed E-state index contributed by atoms with van der Waals surface area (Å²) in [5.41, 5.74) is 1.96. The summed E-state index contributed by atoms with van der Waals surface area (Å²) < 4.78 is 0. The monoisotopic (exact) mass is 436 g/mol. The van der Waals surface area contributed by atoms with Crippen molar-refractivity contribution in [2.24, 2.45) is 0 Å². The first-order chi connectivity index (χ1) is 16.1. The molecule has 0 spiro atoms. The second-order valence-electron chi connectivity index (χ2n) is 8.22. The van der Waals surface area contributed by atoms with Gasteiger partial charge in [0.05, 0.1) is 5.69 Å². The van der Waals surface area contributed by atoms with Gasteiger partial charge in [0.15, 0.2) is 0 Å². The molecule has 5 nitrogen and oxygen atoms in total. The van der Waals surface area contributed by atoms with Gasteiger partial charge in [-0.2, -0.15) is 0 Å². The zero-order chi connectivity index (χ0) is 22.9. The van der Waals surface area contributed by atoms with Gasteiger partial charge in [0.25, 0.3) is 11.8 Å². The molecule has 3 amide bonds. The highest BCUT2D eigenvalue weighted by atomic mass is 16.2. The van der Waals surface area contributed by atoms with Gasteiger partial charge in [0, 0.05) is 41.4 Å². The molecule has 4 aromatic rings. The Morgan fingerprint density at radius 3 is 2.09 bits per heavy atom. The molecule has 1 heterocycles. The Bertz CT molecular complexity index is 1350. The minimum absolute atomic E-state index is 0.0118. The normalized spacial score (nSPS) is 13.1. The molecule has 1 aliphatic rings. The Morgan fingerprint density at radius 1 is 0.788 bits per heavy atom. The lowest BCUT2D eigenvalue weighted by atomic mass is 9.94. The predicted octanol–water partition coefficient (Wildman–Crippen LogP) is 5.42. The summed E-state index contributed by atoms with van der Waals surface area (Å²) in [4.78, 5) is 42.2. The van der Waals surface area contributed by atoms with Crippen molar-refractivity contribution < 1.29 is 14.4 Å². The maximum atomic E-state index is 13.1. The van der Waals surface area contributed by atoms with Gasteiger partial charge < -0.3 is 4.90 Å². The van der Waals surface area contributed by atoms with Crippen molar-refractivity contribution in [3.8, 4) is 0 Å². The lowest BCUT2D eigenvalue weighted by Crippen LogP contribution is -2.42. The highest BCUT2D eigenvalue weighted by Gasteiger charge is 2.32. The summed E-state index contributed by atoms with van der Waals surface area (Å²) in [7, 11) is 0. The minimum Gasteiger partial charge on any atom is -0.312 e. The molecule has 0 atom stereocenters. The van der Waals surface area contributed by atoms with Crippen molar-refractivity contribution in [3.05, 3.63) is 90.0 Å². The highest BCUT2D eigenvalue weighted by molar-refractivity contribution is 6.25. The molecule has 4 aromatic carbocycles. The molecule has 1 aliphatic heterocycles. The van der Waals surface area contributed by atoms with E-state index in [9.17, 15) is 14.4 Å². The van der Waals surface area contributed by atoms with Crippen molar-refractivity contribution in [2.75, 3.05) is 18.0 Å². The van der Waals surface area contributed by atoms with Crippen molar-refractivity contribution in [1.29, 1.82) is 0 Å². The quantitative estimate of drug-likeness (QED) is 0.379. The van der Waals surface area contributed by atoms with Gasteiger partial charge in [-0.3, -0.25) is 19.3 Å². The van der Waals surface area contributed by atoms with Crippen molar-refractivity contribution in [2.45, 2.75) is 19.8 Å².